The molecule has 3 aromatic rings. The Morgan fingerprint density at radius 3 is 2.35 bits per heavy atom. The van der Waals surface area contributed by atoms with Crippen LogP contribution in [0.15, 0.2) is 83.8 Å². The fourth-order valence-corrected chi connectivity index (χ4v) is 3.81. The predicted octanol–water partition coefficient (Wildman–Crippen LogP) is 6.42. The first-order valence-electron chi connectivity index (χ1n) is 9.79. The number of hydrogen-bond donors (Lipinski definition) is 2. The van der Waals surface area contributed by atoms with Crippen molar-refractivity contribution in [2.45, 2.75) is 24.0 Å². The quantitative estimate of drug-likeness (QED) is 0.322. The van der Waals surface area contributed by atoms with Crippen LogP contribution in [0.2, 0.25) is 5.02 Å². The highest BCUT2D eigenvalue weighted by molar-refractivity contribution is 8.00. The van der Waals surface area contributed by atoms with Crippen LogP contribution >= 0.6 is 23.4 Å². The van der Waals surface area contributed by atoms with E-state index in [2.05, 4.69) is 10.6 Å². The molecule has 0 aliphatic heterocycles. The summed E-state index contributed by atoms with van der Waals surface area (Å²) >= 11 is 7.56. The number of carbonyl (C=O) groups is 2. The Kier molecular flexibility index (Phi) is 7.93. The molecule has 0 aliphatic carbocycles. The number of thioether (sulfide) groups is 1. The van der Waals surface area contributed by atoms with Crippen LogP contribution in [-0.4, -0.2) is 17.1 Å². The van der Waals surface area contributed by atoms with E-state index in [-0.39, 0.29) is 17.1 Å². The van der Waals surface area contributed by atoms with Crippen LogP contribution in [0.5, 0.6) is 0 Å². The lowest BCUT2D eigenvalue weighted by atomic mass is 10.2. The van der Waals surface area contributed by atoms with Gasteiger partial charge in [-0.1, -0.05) is 48.0 Å². The van der Waals surface area contributed by atoms with E-state index in [0.717, 1.165) is 16.0 Å². The van der Waals surface area contributed by atoms with Crippen LogP contribution in [0, 0.1) is 6.92 Å². The monoisotopic (exact) mass is 450 g/mol. The molecule has 4 nitrogen and oxygen atoms in total. The third kappa shape index (κ3) is 6.74. The molecule has 0 fully saturated rings. The van der Waals surface area contributed by atoms with Crippen molar-refractivity contribution in [3.63, 3.8) is 0 Å². The number of benzene rings is 3. The highest BCUT2D eigenvalue weighted by Crippen LogP contribution is 2.27. The summed E-state index contributed by atoms with van der Waals surface area (Å²) in [6.45, 7) is 3.72. The number of nitrogens with one attached hydrogen (secondary N) is 2. The van der Waals surface area contributed by atoms with Crippen molar-refractivity contribution in [3.8, 4) is 0 Å². The number of anilines is 2. The number of amides is 2. The lowest BCUT2D eigenvalue weighted by Gasteiger charge is -2.14. The molecule has 1 atom stereocenters. The highest BCUT2D eigenvalue weighted by atomic mass is 35.5. The van der Waals surface area contributed by atoms with Gasteiger partial charge in [0.1, 0.15) is 0 Å². The maximum atomic E-state index is 12.5. The summed E-state index contributed by atoms with van der Waals surface area (Å²) in [6.07, 6.45) is 3.27. The Morgan fingerprint density at radius 1 is 0.935 bits per heavy atom. The number of rotatable bonds is 7. The van der Waals surface area contributed by atoms with Crippen LogP contribution in [0.4, 0.5) is 11.4 Å². The Bertz CT molecular complexity index is 1080. The van der Waals surface area contributed by atoms with Crippen LogP contribution in [-0.2, 0) is 9.59 Å². The lowest BCUT2D eigenvalue weighted by Crippen LogP contribution is -2.22. The van der Waals surface area contributed by atoms with E-state index in [1.165, 1.54) is 17.8 Å². The topological polar surface area (TPSA) is 58.2 Å². The Hall–Kier alpha value is -3.02. The minimum atomic E-state index is -0.298. The Labute approximate surface area is 191 Å². The maximum Gasteiger partial charge on any atom is 0.248 e. The zero-order valence-electron chi connectivity index (χ0n) is 17.3. The van der Waals surface area contributed by atoms with E-state index < -0.39 is 0 Å². The molecule has 0 saturated heterocycles. The summed E-state index contributed by atoms with van der Waals surface area (Å²) in [6, 6.07) is 22.5. The largest absolute Gasteiger partial charge is 0.325 e. The normalized spacial score (nSPS) is 11.8. The molecule has 0 saturated carbocycles. The molecule has 0 spiro atoms. The molecule has 3 aromatic carbocycles. The molecule has 3 rings (SSSR count). The average Bonchev–Trinajstić information content (AvgIpc) is 2.77. The molecule has 1 unspecified atom stereocenters. The first kappa shape index (κ1) is 22.7. The number of halogens is 1. The zero-order chi connectivity index (χ0) is 22.2. The summed E-state index contributed by atoms with van der Waals surface area (Å²) < 4.78 is 0. The van der Waals surface area contributed by atoms with Gasteiger partial charge in [-0.25, -0.2) is 0 Å². The molecule has 0 aliphatic rings. The molecule has 0 bridgehead atoms. The van der Waals surface area contributed by atoms with Crippen LogP contribution < -0.4 is 10.6 Å². The van der Waals surface area contributed by atoms with Gasteiger partial charge in [-0.15, -0.1) is 11.8 Å². The second kappa shape index (κ2) is 10.8. The van der Waals surface area contributed by atoms with Crippen LogP contribution in [0.25, 0.3) is 6.08 Å². The summed E-state index contributed by atoms with van der Waals surface area (Å²) in [5.41, 5.74) is 3.21. The van der Waals surface area contributed by atoms with Gasteiger partial charge in [-0.3, -0.25) is 9.59 Å². The fourth-order valence-electron chi connectivity index (χ4n) is 2.77. The third-order valence-corrected chi connectivity index (χ3v) is 6.08. The summed E-state index contributed by atoms with van der Waals surface area (Å²) in [5, 5.41) is 6.08. The van der Waals surface area contributed by atoms with Crippen molar-refractivity contribution < 1.29 is 9.59 Å². The summed E-state index contributed by atoms with van der Waals surface area (Å²) in [7, 11) is 0. The van der Waals surface area contributed by atoms with Crippen LogP contribution in [0.3, 0.4) is 0 Å². The molecular formula is C25H23ClN2O2S. The van der Waals surface area contributed by atoms with Gasteiger partial charge in [0.25, 0.3) is 0 Å². The van der Waals surface area contributed by atoms with Gasteiger partial charge < -0.3 is 10.6 Å². The van der Waals surface area contributed by atoms with E-state index in [0.29, 0.717) is 16.4 Å². The van der Waals surface area contributed by atoms with Gasteiger partial charge in [-0.05, 0) is 67.4 Å². The molecule has 158 valence electrons. The van der Waals surface area contributed by atoms with E-state index in [9.17, 15) is 9.59 Å². The molecule has 2 N–H and O–H groups in total. The molecule has 2 amide bonds. The average molecular weight is 451 g/mol. The Morgan fingerprint density at radius 2 is 1.65 bits per heavy atom. The lowest BCUT2D eigenvalue weighted by molar-refractivity contribution is -0.115. The zero-order valence-corrected chi connectivity index (χ0v) is 18.8. The summed E-state index contributed by atoms with van der Waals surface area (Å²) in [5.74, 6) is -0.298. The smallest absolute Gasteiger partial charge is 0.248 e. The molecule has 0 radical (unpaired) electrons. The minimum absolute atomic E-state index is 0.0983. The summed E-state index contributed by atoms with van der Waals surface area (Å²) in [4.78, 5) is 25.6. The highest BCUT2D eigenvalue weighted by Gasteiger charge is 2.16. The SMILES string of the molecule is Cc1c(Cl)cccc1NC(=O)C(C)Sc1ccc(NC(=O)/C=C/c2ccccc2)cc1. The number of carbonyl (C=O) groups excluding carboxylic acids is 2. The van der Waals surface area contributed by atoms with Gasteiger partial charge in [0, 0.05) is 27.4 Å². The van der Waals surface area contributed by atoms with E-state index >= 15 is 0 Å². The van der Waals surface area contributed by atoms with Crippen molar-refractivity contribution in [2.75, 3.05) is 10.6 Å². The first-order chi connectivity index (χ1) is 14.9. The molecular weight excluding hydrogens is 428 g/mol. The van der Waals surface area contributed by atoms with Gasteiger partial charge in [0.2, 0.25) is 11.8 Å². The van der Waals surface area contributed by atoms with E-state index in [4.69, 9.17) is 11.6 Å². The van der Waals surface area contributed by atoms with Crippen molar-refractivity contribution in [2.24, 2.45) is 0 Å². The van der Waals surface area contributed by atoms with Gasteiger partial charge >= 0.3 is 0 Å². The number of hydrogen-bond acceptors (Lipinski definition) is 3. The predicted molar refractivity (Wildman–Crippen MR) is 131 cm³/mol. The second-order valence-corrected chi connectivity index (χ2v) is 8.74. The van der Waals surface area contributed by atoms with Crippen molar-refractivity contribution >= 4 is 52.6 Å². The van der Waals surface area contributed by atoms with Gasteiger partial charge in [0.15, 0.2) is 0 Å². The van der Waals surface area contributed by atoms with Crippen LogP contribution in [0.1, 0.15) is 18.1 Å². The molecule has 0 heterocycles. The molecule has 31 heavy (non-hydrogen) atoms. The first-order valence-corrected chi connectivity index (χ1v) is 11.0. The van der Waals surface area contributed by atoms with Gasteiger partial charge in [0.05, 0.1) is 5.25 Å². The molecule has 0 aromatic heterocycles. The van der Waals surface area contributed by atoms with Crippen molar-refractivity contribution in [1.29, 1.82) is 0 Å². The van der Waals surface area contributed by atoms with Crippen molar-refractivity contribution in [1.82, 2.24) is 0 Å². The standard InChI is InChI=1S/C25H23ClN2O2S/c1-17-22(26)9-6-10-23(17)28-25(30)18(2)31-21-14-12-20(13-15-21)27-24(29)16-11-19-7-4-3-5-8-19/h3-16,18H,1-2H3,(H,27,29)(H,28,30)/b16-11+. The van der Waals surface area contributed by atoms with Gasteiger partial charge in [-0.2, -0.15) is 0 Å². The Balaban J connectivity index is 1.53. The maximum absolute atomic E-state index is 12.5. The van der Waals surface area contributed by atoms with E-state index in [1.54, 1.807) is 12.1 Å². The fraction of sp³-hybridized carbons (Fsp3) is 0.120. The van der Waals surface area contributed by atoms with E-state index in [1.807, 2.05) is 80.6 Å². The molecule has 6 heteroatoms. The minimum Gasteiger partial charge on any atom is -0.325 e. The van der Waals surface area contributed by atoms with Crippen molar-refractivity contribution in [3.05, 3.63) is 95.0 Å². The third-order valence-electron chi connectivity index (χ3n) is 4.56. The second-order valence-electron chi connectivity index (χ2n) is 6.92.